The minimum absolute atomic E-state index is 0.0527. The molecule has 2 saturated heterocycles. The number of carbonyl (C=O) groups excluding carboxylic acids is 1. The van der Waals surface area contributed by atoms with Crippen LogP contribution in [0.15, 0.2) is 29.2 Å². The molecule has 2 aliphatic heterocycles. The fraction of sp³-hybridized carbons (Fsp3) is 0.611. The van der Waals surface area contributed by atoms with Gasteiger partial charge in [-0.2, -0.15) is 0 Å². The van der Waals surface area contributed by atoms with Gasteiger partial charge in [0.1, 0.15) is 0 Å². The topological polar surface area (TPSA) is 42.0 Å². The zero-order valence-electron chi connectivity index (χ0n) is 14.4. The van der Waals surface area contributed by atoms with Crippen LogP contribution < -0.4 is 0 Å². The third-order valence-electron chi connectivity index (χ3n) is 4.43. The second-order valence-corrected chi connectivity index (χ2v) is 7.63. The van der Waals surface area contributed by atoms with E-state index >= 15 is 0 Å². The smallest absolute Gasteiger partial charge is 0.285 e. The van der Waals surface area contributed by atoms with Crippen molar-refractivity contribution >= 4 is 17.0 Å². The third kappa shape index (κ3) is 4.72. The average Bonchev–Trinajstić information content (AvgIpc) is 3.10. The van der Waals surface area contributed by atoms with Gasteiger partial charge in [-0.3, -0.25) is 9.69 Å². The molecule has 132 valence electrons. The average molecular weight is 350 g/mol. The Kier molecular flexibility index (Phi) is 6.16. The molecular weight excluding hydrogens is 324 g/mol. The summed E-state index contributed by atoms with van der Waals surface area (Å²) in [6, 6.07) is 8.26. The fourth-order valence-corrected chi connectivity index (χ4v) is 3.89. The van der Waals surface area contributed by atoms with Gasteiger partial charge in [0.05, 0.1) is 18.8 Å². The standard InChI is InChI=1S/C18H26N2O3S/c1-19(2)18(21)24-15-6-3-5-14(11-15)12-20-8-10-23-17(13-20)16-7-4-9-22-16/h3,5-6,11,16-17H,4,7-10,12-13H2,1-2H3/t16-,17-/m1/s1. The summed E-state index contributed by atoms with van der Waals surface area (Å²) in [5.74, 6) is 0. The van der Waals surface area contributed by atoms with Crippen LogP contribution in [-0.4, -0.2) is 67.6 Å². The highest BCUT2D eigenvalue weighted by molar-refractivity contribution is 8.13. The highest BCUT2D eigenvalue weighted by atomic mass is 32.2. The predicted octanol–water partition coefficient (Wildman–Crippen LogP) is 2.84. The van der Waals surface area contributed by atoms with Crippen molar-refractivity contribution in [2.24, 2.45) is 0 Å². The Balaban J connectivity index is 1.57. The Morgan fingerprint density at radius 2 is 2.12 bits per heavy atom. The zero-order chi connectivity index (χ0) is 16.9. The molecule has 6 heteroatoms. The van der Waals surface area contributed by atoms with Crippen molar-refractivity contribution in [3.63, 3.8) is 0 Å². The molecule has 5 nitrogen and oxygen atoms in total. The van der Waals surface area contributed by atoms with Crippen LogP contribution in [0, 0.1) is 0 Å². The van der Waals surface area contributed by atoms with Gasteiger partial charge in [0.25, 0.3) is 5.24 Å². The molecule has 0 spiro atoms. The van der Waals surface area contributed by atoms with Crippen LogP contribution >= 0.6 is 11.8 Å². The normalized spacial score (nSPS) is 24.9. The van der Waals surface area contributed by atoms with Crippen LogP contribution in [0.2, 0.25) is 0 Å². The van der Waals surface area contributed by atoms with Crippen molar-refractivity contribution in [2.75, 3.05) is 40.4 Å². The Bertz CT molecular complexity index is 561. The van der Waals surface area contributed by atoms with Gasteiger partial charge in [-0.15, -0.1) is 0 Å². The maximum absolute atomic E-state index is 11.9. The monoisotopic (exact) mass is 350 g/mol. The number of carbonyl (C=O) groups is 1. The summed E-state index contributed by atoms with van der Waals surface area (Å²) in [4.78, 5) is 16.9. The Morgan fingerprint density at radius 3 is 2.88 bits per heavy atom. The molecule has 24 heavy (non-hydrogen) atoms. The van der Waals surface area contributed by atoms with Crippen LogP contribution in [0.4, 0.5) is 4.79 Å². The van der Waals surface area contributed by atoms with E-state index in [0.717, 1.165) is 50.6 Å². The highest BCUT2D eigenvalue weighted by Crippen LogP contribution is 2.24. The number of rotatable bonds is 4. The summed E-state index contributed by atoms with van der Waals surface area (Å²) < 4.78 is 11.7. The summed E-state index contributed by atoms with van der Waals surface area (Å²) in [6.07, 6.45) is 2.70. The van der Waals surface area contributed by atoms with E-state index in [1.807, 2.05) is 12.1 Å². The number of benzene rings is 1. The lowest BCUT2D eigenvalue weighted by Gasteiger charge is -2.35. The molecule has 1 aromatic rings. The number of thioether (sulfide) groups is 1. The van der Waals surface area contributed by atoms with Gasteiger partial charge in [-0.25, -0.2) is 0 Å². The molecular formula is C18H26N2O3S. The Hall–Kier alpha value is -1.08. The number of nitrogens with zero attached hydrogens (tertiary/aromatic N) is 2. The summed E-state index contributed by atoms with van der Waals surface area (Å²) >= 11 is 1.27. The summed E-state index contributed by atoms with van der Waals surface area (Å²) in [6.45, 7) is 4.37. The molecule has 2 fully saturated rings. The third-order valence-corrected chi connectivity index (χ3v) is 5.46. The van der Waals surface area contributed by atoms with E-state index in [-0.39, 0.29) is 17.4 Å². The molecule has 2 atom stereocenters. The van der Waals surface area contributed by atoms with Crippen molar-refractivity contribution < 1.29 is 14.3 Å². The van der Waals surface area contributed by atoms with Gasteiger partial charge in [-0.05, 0) is 42.3 Å². The first kappa shape index (κ1) is 17.7. The summed E-state index contributed by atoms with van der Waals surface area (Å²) in [5.41, 5.74) is 1.24. The lowest BCUT2D eigenvalue weighted by molar-refractivity contribution is -0.0960. The molecule has 0 N–H and O–H groups in total. The van der Waals surface area contributed by atoms with Crippen molar-refractivity contribution in [3.05, 3.63) is 29.8 Å². The largest absolute Gasteiger partial charge is 0.375 e. The van der Waals surface area contributed by atoms with Crippen molar-refractivity contribution in [1.82, 2.24) is 9.80 Å². The second-order valence-electron chi connectivity index (χ2n) is 6.61. The molecule has 1 aromatic carbocycles. The van der Waals surface area contributed by atoms with E-state index in [9.17, 15) is 4.79 Å². The fourth-order valence-electron chi connectivity index (χ4n) is 3.15. The van der Waals surface area contributed by atoms with Crippen LogP contribution in [0.3, 0.4) is 0 Å². The Morgan fingerprint density at radius 1 is 1.29 bits per heavy atom. The van der Waals surface area contributed by atoms with E-state index < -0.39 is 0 Å². The molecule has 2 heterocycles. The quantitative estimate of drug-likeness (QED) is 0.781. The molecule has 0 unspecified atom stereocenters. The number of hydrogen-bond acceptors (Lipinski definition) is 5. The maximum Gasteiger partial charge on any atom is 0.285 e. The molecule has 0 radical (unpaired) electrons. The first-order valence-corrected chi connectivity index (χ1v) is 9.37. The van der Waals surface area contributed by atoms with Crippen molar-refractivity contribution in [1.29, 1.82) is 0 Å². The minimum Gasteiger partial charge on any atom is -0.375 e. The SMILES string of the molecule is CN(C)C(=O)Sc1cccc(CN2CCO[C@@H]([C@H]3CCCO3)C2)c1. The number of amides is 1. The van der Waals surface area contributed by atoms with Gasteiger partial charge in [0.15, 0.2) is 0 Å². The van der Waals surface area contributed by atoms with Gasteiger partial charge in [-0.1, -0.05) is 12.1 Å². The number of ether oxygens (including phenoxy) is 2. The highest BCUT2D eigenvalue weighted by Gasteiger charge is 2.31. The van der Waals surface area contributed by atoms with Crippen LogP contribution in [0.5, 0.6) is 0 Å². The van der Waals surface area contributed by atoms with E-state index in [4.69, 9.17) is 9.47 Å². The Labute approximate surface area is 148 Å². The molecule has 0 bridgehead atoms. The first-order chi connectivity index (χ1) is 11.6. The molecule has 0 aliphatic carbocycles. The van der Waals surface area contributed by atoms with Crippen molar-refractivity contribution in [3.8, 4) is 0 Å². The second kappa shape index (κ2) is 8.34. The van der Waals surface area contributed by atoms with Crippen LogP contribution in [0.25, 0.3) is 0 Å². The van der Waals surface area contributed by atoms with Crippen LogP contribution in [-0.2, 0) is 16.0 Å². The number of hydrogen-bond donors (Lipinski definition) is 0. The number of morpholine rings is 1. The van der Waals surface area contributed by atoms with E-state index in [1.165, 1.54) is 17.3 Å². The maximum atomic E-state index is 11.9. The first-order valence-electron chi connectivity index (χ1n) is 8.55. The zero-order valence-corrected chi connectivity index (χ0v) is 15.3. The predicted molar refractivity (Wildman–Crippen MR) is 95.4 cm³/mol. The van der Waals surface area contributed by atoms with E-state index in [2.05, 4.69) is 17.0 Å². The van der Waals surface area contributed by atoms with Gasteiger partial charge in [0.2, 0.25) is 0 Å². The molecule has 0 aromatic heterocycles. The van der Waals surface area contributed by atoms with Gasteiger partial charge < -0.3 is 14.4 Å². The lowest BCUT2D eigenvalue weighted by atomic mass is 10.1. The lowest BCUT2D eigenvalue weighted by Crippen LogP contribution is -2.47. The molecule has 3 rings (SSSR count). The van der Waals surface area contributed by atoms with Crippen LogP contribution in [0.1, 0.15) is 18.4 Å². The molecule has 2 aliphatic rings. The van der Waals surface area contributed by atoms with E-state index in [1.54, 1.807) is 19.0 Å². The molecule has 1 amide bonds. The molecule has 0 saturated carbocycles. The minimum atomic E-state index is 0.0527. The summed E-state index contributed by atoms with van der Waals surface area (Å²) in [5, 5.41) is 0.0527. The van der Waals surface area contributed by atoms with Gasteiger partial charge >= 0.3 is 0 Å². The van der Waals surface area contributed by atoms with Gasteiger partial charge in [0, 0.05) is 45.2 Å². The summed E-state index contributed by atoms with van der Waals surface area (Å²) in [7, 11) is 3.55. The van der Waals surface area contributed by atoms with E-state index in [0.29, 0.717) is 0 Å². The van der Waals surface area contributed by atoms with Crippen molar-refractivity contribution in [2.45, 2.75) is 36.5 Å².